The minimum Gasteiger partial charge on any atom is -0.311 e. The van der Waals surface area contributed by atoms with E-state index in [-0.39, 0.29) is 0 Å². The van der Waals surface area contributed by atoms with Crippen molar-refractivity contribution in [1.82, 2.24) is 10.2 Å². The molecule has 1 heterocycles. The number of halogens is 1. The highest BCUT2D eigenvalue weighted by molar-refractivity contribution is 6.29. The first-order chi connectivity index (χ1) is 7.04. The van der Waals surface area contributed by atoms with E-state index in [9.17, 15) is 0 Å². The molecular weight excluding hydrogens is 208 g/mol. The molecule has 1 saturated heterocycles. The first-order valence-corrected chi connectivity index (χ1v) is 6.23. The summed E-state index contributed by atoms with van der Waals surface area (Å²) in [6, 6.07) is 1.19. The summed E-state index contributed by atoms with van der Waals surface area (Å²) in [5.41, 5.74) is 0. The SMILES string of the molecule is C=C(Cl)CN1CC(C(C)C)NCC1CC. The van der Waals surface area contributed by atoms with E-state index < -0.39 is 0 Å². The van der Waals surface area contributed by atoms with Crippen LogP contribution in [-0.2, 0) is 0 Å². The summed E-state index contributed by atoms with van der Waals surface area (Å²) < 4.78 is 0. The molecule has 1 N–H and O–H groups in total. The fourth-order valence-electron chi connectivity index (χ4n) is 2.15. The summed E-state index contributed by atoms with van der Waals surface area (Å²) in [4.78, 5) is 2.45. The number of nitrogens with zero attached hydrogens (tertiary/aromatic N) is 1. The topological polar surface area (TPSA) is 15.3 Å². The lowest BCUT2D eigenvalue weighted by atomic mass is 9.98. The third kappa shape index (κ3) is 3.78. The van der Waals surface area contributed by atoms with E-state index in [0.717, 1.165) is 24.7 Å². The van der Waals surface area contributed by atoms with Crippen molar-refractivity contribution in [2.75, 3.05) is 19.6 Å². The molecule has 88 valence electrons. The number of rotatable bonds is 4. The summed E-state index contributed by atoms with van der Waals surface area (Å²) in [6.07, 6.45) is 1.17. The molecule has 2 nitrogen and oxygen atoms in total. The monoisotopic (exact) mass is 230 g/mol. The molecule has 1 aliphatic rings. The van der Waals surface area contributed by atoms with Gasteiger partial charge in [-0.1, -0.05) is 39.0 Å². The van der Waals surface area contributed by atoms with Crippen LogP contribution in [0.3, 0.4) is 0 Å². The van der Waals surface area contributed by atoms with Crippen LogP contribution in [0.4, 0.5) is 0 Å². The third-order valence-corrected chi connectivity index (χ3v) is 3.33. The Morgan fingerprint density at radius 3 is 2.73 bits per heavy atom. The molecule has 3 heteroatoms. The molecular formula is C12H23ClN2. The maximum absolute atomic E-state index is 5.90. The second-order valence-electron chi connectivity index (χ2n) is 4.77. The van der Waals surface area contributed by atoms with Crippen molar-refractivity contribution in [2.45, 2.75) is 39.3 Å². The Balaban J connectivity index is 2.56. The van der Waals surface area contributed by atoms with Crippen molar-refractivity contribution < 1.29 is 0 Å². The molecule has 0 amide bonds. The average Bonchev–Trinajstić information content (AvgIpc) is 2.16. The van der Waals surface area contributed by atoms with Gasteiger partial charge in [-0.2, -0.15) is 0 Å². The Labute approximate surface area is 98.7 Å². The molecule has 1 aliphatic heterocycles. The van der Waals surface area contributed by atoms with Crippen LogP contribution in [0.5, 0.6) is 0 Å². The van der Waals surface area contributed by atoms with E-state index in [1.54, 1.807) is 0 Å². The van der Waals surface area contributed by atoms with E-state index in [2.05, 4.69) is 37.6 Å². The molecule has 0 aromatic rings. The van der Waals surface area contributed by atoms with Crippen LogP contribution in [0.15, 0.2) is 11.6 Å². The van der Waals surface area contributed by atoms with Crippen LogP contribution in [0.2, 0.25) is 0 Å². The van der Waals surface area contributed by atoms with Crippen LogP contribution in [0, 0.1) is 5.92 Å². The van der Waals surface area contributed by atoms with Gasteiger partial charge in [-0.3, -0.25) is 4.90 Å². The first-order valence-electron chi connectivity index (χ1n) is 5.85. The van der Waals surface area contributed by atoms with Gasteiger partial charge in [0.2, 0.25) is 0 Å². The van der Waals surface area contributed by atoms with Gasteiger partial charge in [0, 0.05) is 36.8 Å². The smallest absolute Gasteiger partial charge is 0.0339 e. The van der Waals surface area contributed by atoms with E-state index in [1.165, 1.54) is 6.42 Å². The Morgan fingerprint density at radius 2 is 2.27 bits per heavy atom. The maximum Gasteiger partial charge on any atom is 0.0339 e. The normalized spacial score (nSPS) is 28.3. The van der Waals surface area contributed by atoms with Gasteiger partial charge >= 0.3 is 0 Å². The zero-order valence-corrected chi connectivity index (χ0v) is 10.8. The van der Waals surface area contributed by atoms with Crippen LogP contribution >= 0.6 is 11.6 Å². The van der Waals surface area contributed by atoms with Crippen LogP contribution in [0.1, 0.15) is 27.2 Å². The van der Waals surface area contributed by atoms with Crippen LogP contribution in [-0.4, -0.2) is 36.6 Å². The fourth-order valence-corrected chi connectivity index (χ4v) is 2.30. The second kappa shape index (κ2) is 5.88. The molecule has 0 spiro atoms. The summed E-state index contributed by atoms with van der Waals surface area (Å²) >= 11 is 5.90. The summed E-state index contributed by atoms with van der Waals surface area (Å²) in [5.74, 6) is 0.675. The third-order valence-electron chi connectivity index (χ3n) is 3.21. The van der Waals surface area contributed by atoms with Crippen molar-refractivity contribution in [3.63, 3.8) is 0 Å². The van der Waals surface area contributed by atoms with Gasteiger partial charge in [-0.25, -0.2) is 0 Å². The number of piperazine rings is 1. The highest BCUT2D eigenvalue weighted by Gasteiger charge is 2.27. The van der Waals surface area contributed by atoms with E-state index in [4.69, 9.17) is 11.6 Å². The molecule has 2 atom stereocenters. The highest BCUT2D eigenvalue weighted by atomic mass is 35.5. The lowest BCUT2D eigenvalue weighted by Gasteiger charge is -2.41. The van der Waals surface area contributed by atoms with Crippen LogP contribution in [0.25, 0.3) is 0 Å². The molecule has 0 radical (unpaired) electrons. The molecule has 0 aromatic heterocycles. The van der Waals surface area contributed by atoms with E-state index in [1.807, 2.05) is 0 Å². The highest BCUT2D eigenvalue weighted by Crippen LogP contribution is 2.16. The molecule has 0 saturated carbocycles. The Hall–Kier alpha value is -0.0500. The summed E-state index contributed by atoms with van der Waals surface area (Å²) in [6.45, 7) is 13.5. The zero-order valence-electron chi connectivity index (χ0n) is 10.1. The predicted octanol–water partition coefficient (Wildman–Crippen LogP) is 2.45. The van der Waals surface area contributed by atoms with E-state index >= 15 is 0 Å². The minimum absolute atomic E-state index is 0.587. The zero-order chi connectivity index (χ0) is 11.4. The lowest BCUT2D eigenvalue weighted by Crippen LogP contribution is -2.58. The van der Waals surface area contributed by atoms with Crippen molar-refractivity contribution in [2.24, 2.45) is 5.92 Å². The quantitative estimate of drug-likeness (QED) is 0.798. The maximum atomic E-state index is 5.90. The second-order valence-corrected chi connectivity index (χ2v) is 5.30. The average molecular weight is 231 g/mol. The van der Waals surface area contributed by atoms with Crippen molar-refractivity contribution in [1.29, 1.82) is 0 Å². The predicted molar refractivity (Wildman–Crippen MR) is 67.3 cm³/mol. The number of hydrogen-bond donors (Lipinski definition) is 1. The minimum atomic E-state index is 0.587. The Kier molecular flexibility index (Phi) is 5.10. The molecule has 2 unspecified atom stereocenters. The number of hydrogen-bond acceptors (Lipinski definition) is 2. The fraction of sp³-hybridized carbons (Fsp3) is 0.833. The van der Waals surface area contributed by atoms with Crippen LogP contribution < -0.4 is 5.32 Å². The van der Waals surface area contributed by atoms with Gasteiger partial charge in [-0.15, -0.1) is 0 Å². The molecule has 1 fully saturated rings. The van der Waals surface area contributed by atoms with Gasteiger partial charge < -0.3 is 5.32 Å². The van der Waals surface area contributed by atoms with Gasteiger partial charge in [-0.05, 0) is 12.3 Å². The van der Waals surface area contributed by atoms with Crippen molar-refractivity contribution >= 4 is 11.6 Å². The van der Waals surface area contributed by atoms with E-state index in [0.29, 0.717) is 18.0 Å². The molecule has 15 heavy (non-hydrogen) atoms. The Morgan fingerprint density at radius 1 is 1.60 bits per heavy atom. The summed E-state index contributed by atoms with van der Waals surface area (Å²) in [7, 11) is 0. The lowest BCUT2D eigenvalue weighted by molar-refractivity contribution is 0.122. The Bertz CT molecular complexity index is 216. The standard InChI is InChI=1S/C12H23ClN2/c1-5-11-6-14-12(9(2)3)8-15(11)7-10(4)13/h9,11-12,14H,4-8H2,1-3H3. The summed E-state index contributed by atoms with van der Waals surface area (Å²) in [5, 5.41) is 4.36. The first kappa shape index (κ1) is 13.0. The number of nitrogens with one attached hydrogen (secondary N) is 1. The van der Waals surface area contributed by atoms with Gasteiger partial charge in [0.15, 0.2) is 0 Å². The molecule has 0 aliphatic carbocycles. The van der Waals surface area contributed by atoms with Gasteiger partial charge in [0.05, 0.1) is 0 Å². The largest absolute Gasteiger partial charge is 0.311 e. The van der Waals surface area contributed by atoms with Crippen molar-refractivity contribution in [3.8, 4) is 0 Å². The van der Waals surface area contributed by atoms with Gasteiger partial charge in [0.25, 0.3) is 0 Å². The molecule has 0 bridgehead atoms. The van der Waals surface area contributed by atoms with Gasteiger partial charge in [0.1, 0.15) is 0 Å². The molecule has 1 rings (SSSR count). The van der Waals surface area contributed by atoms with Crippen molar-refractivity contribution in [3.05, 3.63) is 11.6 Å². The molecule has 0 aromatic carbocycles.